The van der Waals surface area contributed by atoms with Crippen molar-refractivity contribution in [1.29, 1.82) is 0 Å². The van der Waals surface area contributed by atoms with Gasteiger partial charge in [-0.05, 0) is 31.2 Å². The third-order valence-corrected chi connectivity index (χ3v) is 5.90. The van der Waals surface area contributed by atoms with E-state index in [0.717, 1.165) is 0 Å². The second-order valence-corrected chi connectivity index (χ2v) is 9.32. The number of likely N-dealkylation sites (N-methyl/N-ethyl adjacent to an activating group) is 1. The topological polar surface area (TPSA) is 83.0 Å². The van der Waals surface area contributed by atoms with Crippen molar-refractivity contribution in [3.8, 4) is 17.7 Å². The molecular weight excluding hydrogens is 449 g/mol. The Morgan fingerprint density at radius 2 is 2.09 bits per heavy atom. The van der Waals surface area contributed by atoms with Crippen LogP contribution in [0.5, 0.6) is 5.88 Å². The molecule has 0 saturated carbocycles. The molecule has 2 amide bonds. The van der Waals surface area contributed by atoms with Crippen LogP contribution in [-0.4, -0.2) is 70.6 Å². The molecule has 186 valence electrons. The molecule has 3 rings (SSSR count). The van der Waals surface area contributed by atoms with Gasteiger partial charge in [0, 0.05) is 42.8 Å². The van der Waals surface area contributed by atoms with E-state index in [-0.39, 0.29) is 53.8 Å². The fourth-order valence-corrected chi connectivity index (χ4v) is 3.81. The van der Waals surface area contributed by atoms with Crippen LogP contribution in [0.1, 0.15) is 54.0 Å². The predicted molar refractivity (Wildman–Crippen MR) is 130 cm³/mol. The second kappa shape index (κ2) is 11.3. The van der Waals surface area contributed by atoms with Crippen LogP contribution >= 0.6 is 0 Å². The first-order valence-electron chi connectivity index (χ1n) is 11.7. The number of carbonyl (C=O) groups excluding carboxylic acids is 2. The molecule has 2 heterocycles. The number of ether oxygens (including phenoxy) is 1. The number of hydrogen-bond acceptors (Lipinski definition) is 5. The van der Waals surface area contributed by atoms with Crippen LogP contribution < -0.4 is 4.74 Å². The monoisotopic (exact) mass is 481 g/mol. The number of halogens is 1. The van der Waals surface area contributed by atoms with Gasteiger partial charge in [0.15, 0.2) is 0 Å². The maximum absolute atomic E-state index is 13.6. The van der Waals surface area contributed by atoms with E-state index in [1.54, 1.807) is 37.2 Å². The number of aliphatic hydroxyl groups excluding tert-OH is 1. The first-order chi connectivity index (χ1) is 16.6. The van der Waals surface area contributed by atoms with E-state index in [9.17, 15) is 19.1 Å². The predicted octanol–water partition coefficient (Wildman–Crippen LogP) is 3.22. The van der Waals surface area contributed by atoms with Crippen LogP contribution in [-0.2, 0) is 0 Å². The van der Waals surface area contributed by atoms with E-state index in [2.05, 4.69) is 16.8 Å². The number of rotatable bonds is 5. The van der Waals surface area contributed by atoms with Gasteiger partial charge < -0.3 is 19.6 Å². The molecule has 1 aliphatic rings. The Kier molecular flexibility index (Phi) is 8.47. The molecule has 0 aliphatic carbocycles. The van der Waals surface area contributed by atoms with Gasteiger partial charge in [-0.3, -0.25) is 9.59 Å². The number of hydrogen-bond donors (Lipinski definition) is 1. The lowest BCUT2D eigenvalue weighted by molar-refractivity contribution is 0.0313. The quantitative estimate of drug-likeness (QED) is 0.663. The fraction of sp³-hybridized carbons (Fsp3) is 0.444. The van der Waals surface area contributed by atoms with Gasteiger partial charge in [0.1, 0.15) is 17.5 Å². The summed E-state index contributed by atoms with van der Waals surface area (Å²) in [6, 6.07) is 6.77. The number of amides is 2. The molecule has 1 aliphatic heterocycles. The highest BCUT2D eigenvalue weighted by atomic mass is 19.1. The zero-order valence-electron chi connectivity index (χ0n) is 20.8. The van der Waals surface area contributed by atoms with Gasteiger partial charge in [-0.1, -0.05) is 38.7 Å². The van der Waals surface area contributed by atoms with Crippen LogP contribution in [0.15, 0.2) is 36.5 Å². The van der Waals surface area contributed by atoms with E-state index >= 15 is 0 Å². The van der Waals surface area contributed by atoms with Crippen molar-refractivity contribution >= 4 is 11.8 Å². The molecule has 0 unspecified atom stereocenters. The van der Waals surface area contributed by atoms with Crippen molar-refractivity contribution in [3.05, 3.63) is 59.0 Å². The molecule has 7 nitrogen and oxygen atoms in total. The summed E-state index contributed by atoms with van der Waals surface area (Å²) in [5, 5.41) is 9.79. The summed E-state index contributed by atoms with van der Waals surface area (Å²) in [6.45, 7) is 7.95. The van der Waals surface area contributed by atoms with E-state index < -0.39 is 18.0 Å². The summed E-state index contributed by atoms with van der Waals surface area (Å²) < 4.78 is 19.8. The second-order valence-electron chi connectivity index (χ2n) is 9.32. The maximum atomic E-state index is 13.6. The van der Waals surface area contributed by atoms with Gasteiger partial charge in [-0.25, -0.2) is 9.37 Å². The molecule has 8 heteroatoms. The Morgan fingerprint density at radius 1 is 1.34 bits per heavy atom. The lowest BCUT2D eigenvalue weighted by atomic mass is 9.99. The van der Waals surface area contributed by atoms with E-state index in [1.165, 1.54) is 23.1 Å². The normalized spacial score (nSPS) is 18.5. The third kappa shape index (κ3) is 6.37. The molecule has 2 aromatic rings. The summed E-state index contributed by atoms with van der Waals surface area (Å²) in [5.74, 6) is 5.10. The smallest absolute Gasteiger partial charge is 0.259 e. The van der Waals surface area contributed by atoms with Crippen LogP contribution in [0.3, 0.4) is 0 Å². The number of aliphatic hydroxyl groups is 1. The molecule has 0 bridgehead atoms. The number of fused-ring (bicyclic) bond motifs is 1. The zero-order valence-corrected chi connectivity index (χ0v) is 20.8. The largest absolute Gasteiger partial charge is 0.472 e. The average molecular weight is 482 g/mol. The van der Waals surface area contributed by atoms with Crippen LogP contribution in [0, 0.1) is 29.5 Å². The van der Waals surface area contributed by atoms with Gasteiger partial charge in [0.25, 0.3) is 11.8 Å². The highest BCUT2D eigenvalue weighted by molar-refractivity contribution is 5.97. The van der Waals surface area contributed by atoms with Crippen molar-refractivity contribution in [3.63, 3.8) is 0 Å². The van der Waals surface area contributed by atoms with Gasteiger partial charge in [0.2, 0.25) is 5.88 Å². The van der Waals surface area contributed by atoms with Crippen molar-refractivity contribution in [2.24, 2.45) is 11.8 Å². The Bertz CT molecular complexity index is 1140. The van der Waals surface area contributed by atoms with Gasteiger partial charge in [-0.15, -0.1) is 0 Å². The summed E-state index contributed by atoms with van der Waals surface area (Å²) >= 11 is 0. The third-order valence-electron chi connectivity index (χ3n) is 5.90. The Morgan fingerprint density at radius 3 is 2.74 bits per heavy atom. The van der Waals surface area contributed by atoms with Gasteiger partial charge in [0.05, 0.1) is 19.2 Å². The zero-order chi connectivity index (χ0) is 25.7. The molecule has 35 heavy (non-hydrogen) atoms. The van der Waals surface area contributed by atoms with E-state index in [0.29, 0.717) is 12.1 Å². The standard InChI is InChI=1S/C27H32FN3O4/c1-17(2)9-10-20-11-23-25(29-13-20)35-24(18(3)14-31(27(23)34)19(4)16-32)15-30(5)26(33)21-7-6-8-22(28)12-21/h6-8,11-13,17-19,24,32H,14-16H2,1-5H3/t18-,19+,24-/m1/s1. The molecule has 0 fully saturated rings. The Hall–Kier alpha value is -3.44. The van der Waals surface area contributed by atoms with Crippen molar-refractivity contribution in [2.45, 2.75) is 39.8 Å². The minimum Gasteiger partial charge on any atom is -0.472 e. The molecule has 1 aromatic carbocycles. The number of aromatic nitrogens is 1. The average Bonchev–Trinajstić information content (AvgIpc) is 2.83. The van der Waals surface area contributed by atoms with Crippen molar-refractivity contribution in [1.82, 2.24) is 14.8 Å². The summed E-state index contributed by atoms with van der Waals surface area (Å²) in [6.07, 6.45) is 1.06. The number of benzene rings is 1. The van der Waals surface area contributed by atoms with Gasteiger partial charge in [-0.2, -0.15) is 0 Å². The molecule has 0 radical (unpaired) electrons. The summed E-state index contributed by atoms with van der Waals surface area (Å²) in [5.41, 5.74) is 1.09. The lowest BCUT2D eigenvalue weighted by Gasteiger charge is -2.37. The fourth-order valence-electron chi connectivity index (χ4n) is 3.81. The molecule has 0 saturated heterocycles. The van der Waals surface area contributed by atoms with Crippen LogP contribution in [0.4, 0.5) is 4.39 Å². The first kappa shape index (κ1) is 26.2. The van der Waals surface area contributed by atoms with E-state index in [4.69, 9.17) is 4.74 Å². The SMILES string of the molecule is CC(C)C#Cc1cnc2c(c1)C(=O)N([C@@H](C)CO)C[C@@H](C)[C@@H](CN(C)C(=O)c1cccc(F)c1)O2. The summed E-state index contributed by atoms with van der Waals surface area (Å²) in [4.78, 5) is 33.8. The minimum atomic E-state index is -0.502. The van der Waals surface area contributed by atoms with Crippen molar-refractivity contribution < 1.29 is 23.8 Å². The Labute approximate surface area is 205 Å². The van der Waals surface area contributed by atoms with Crippen LogP contribution in [0.2, 0.25) is 0 Å². The highest BCUT2D eigenvalue weighted by Gasteiger charge is 2.34. The first-order valence-corrected chi connectivity index (χ1v) is 11.7. The molecule has 1 N–H and O–H groups in total. The maximum Gasteiger partial charge on any atom is 0.259 e. The number of pyridine rings is 1. The molecule has 0 spiro atoms. The number of carbonyl (C=O) groups is 2. The van der Waals surface area contributed by atoms with Crippen molar-refractivity contribution in [2.75, 3.05) is 26.7 Å². The Balaban J connectivity index is 1.95. The molecule has 3 atom stereocenters. The molecule has 1 aromatic heterocycles. The lowest BCUT2D eigenvalue weighted by Crippen LogP contribution is -2.50. The van der Waals surface area contributed by atoms with Gasteiger partial charge >= 0.3 is 0 Å². The van der Waals surface area contributed by atoms with E-state index in [1.807, 2.05) is 20.8 Å². The summed E-state index contributed by atoms with van der Waals surface area (Å²) in [7, 11) is 1.63. The highest BCUT2D eigenvalue weighted by Crippen LogP contribution is 2.27. The minimum absolute atomic E-state index is 0.156. The number of nitrogens with zero attached hydrogens (tertiary/aromatic N) is 3. The van der Waals surface area contributed by atoms with Crippen LogP contribution in [0.25, 0.3) is 0 Å². The molecular formula is C27H32FN3O4.